The van der Waals surface area contributed by atoms with E-state index in [2.05, 4.69) is 20.9 Å². The number of aromatic nitrogens is 1. The van der Waals surface area contributed by atoms with Crippen molar-refractivity contribution in [1.82, 2.24) is 4.57 Å². The summed E-state index contributed by atoms with van der Waals surface area (Å²) in [5.74, 6) is -1.19. The van der Waals surface area contributed by atoms with E-state index < -0.39 is 35.0 Å². The highest BCUT2D eigenvalue weighted by Crippen LogP contribution is 2.38. The summed E-state index contributed by atoms with van der Waals surface area (Å²) in [6, 6.07) is 11.6. The number of esters is 1. The molecule has 0 saturated heterocycles. The van der Waals surface area contributed by atoms with Crippen molar-refractivity contribution in [2.45, 2.75) is 19.1 Å². The van der Waals surface area contributed by atoms with Crippen LogP contribution in [0.5, 0.6) is 0 Å². The van der Waals surface area contributed by atoms with E-state index in [-0.39, 0.29) is 21.5 Å². The highest BCUT2D eigenvalue weighted by Gasteiger charge is 2.45. The minimum Gasteiger partial charge on any atom is -0.463 e. The minimum absolute atomic E-state index is 0.144. The molecule has 1 aliphatic rings. The number of carbonyl (C=O) groups is 1. The van der Waals surface area contributed by atoms with Crippen molar-refractivity contribution in [3.8, 4) is 0 Å². The number of carbonyl (C=O) groups excluding carboxylic acids is 1. The van der Waals surface area contributed by atoms with E-state index in [0.717, 1.165) is 20.4 Å². The Hall–Kier alpha value is -2.69. The van der Waals surface area contributed by atoms with Gasteiger partial charge in [0.15, 0.2) is 10.5 Å². The zero-order chi connectivity index (χ0) is 24.6. The molecule has 0 fully saturated rings. The quantitative estimate of drug-likeness (QED) is 0.425. The molecule has 1 atom stereocenters. The number of nitrogens with zero attached hydrogens (tertiary/aromatic N) is 2. The van der Waals surface area contributed by atoms with Gasteiger partial charge in [-0.05, 0) is 48.4 Å². The Bertz CT molecular complexity index is 1460. The second-order valence-electron chi connectivity index (χ2n) is 7.17. The Kier molecular flexibility index (Phi) is 6.84. The van der Waals surface area contributed by atoms with Crippen molar-refractivity contribution < 1.29 is 22.7 Å². The van der Waals surface area contributed by atoms with E-state index in [1.165, 1.54) is 31.2 Å². The molecular formula is C23H15BrClF3N2O3S. The lowest BCUT2D eigenvalue weighted by molar-refractivity contribution is -0.140. The van der Waals surface area contributed by atoms with Crippen LogP contribution < -0.4 is 14.9 Å². The van der Waals surface area contributed by atoms with Crippen molar-refractivity contribution in [3.63, 3.8) is 0 Å². The third-order valence-electron chi connectivity index (χ3n) is 4.95. The SMILES string of the molecule is CCOC(=O)C1=C(C(F)(F)F)N=c2s/c(=C\c3ccc(Br)cc3)c(=O)n2[C@H]1c1ccc(Cl)cc1. The number of hydrogen-bond donors (Lipinski definition) is 0. The first-order valence-corrected chi connectivity index (χ1v) is 11.9. The molecule has 3 aromatic rings. The lowest BCUT2D eigenvalue weighted by Gasteiger charge is -2.26. The molecule has 0 N–H and O–H groups in total. The Labute approximate surface area is 208 Å². The molecule has 4 rings (SSSR count). The molecule has 176 valence electrons. The lowest BCUT2D eigenvalue weighted by atomic mass is 9.95. The van der Waals surface area contributed by atoms with E-state index >= 15 is 0 Å². The van der Waals surface area contributed by atoms with Crippen LogP contribution in [0.2, 0.25) is 5.02 Å². The van der Waals surface area contributed by atoms with Gasteiger partial charge in [-0.15, -0.1) is 0 Å². The molecule has 2 aromatic carbocycles. The summed E-state index contributed by atoms with van der Waals surface area (Å²) in [4.78, 5) is 29.7. The number of alkyl halides is 3. The smallest absolute Gasteiger partial charge is 0.434 e. The maximum atomic E-state index is 14.1. The first kappa shape index (κ1) is 24.4. The summed E-state index contributed by atoms with van der Waals surface area (Å²) in [5.41, 5.74) is -1.77. The summed E-state index contributed by atoms with van der Waals surface area (Å²) in [6.45, 7) is 1.34. The molecule has 0 unspecified atom stereocenters. The average molecular weight is 572 g/mol. The number of allylic oxidation sites excluding steroid dienone is 1. The van der Waals surface area contributed by atoms with Crippen LogP contribution in [-0.4, -0.2) is 23.3 Å². The van der Waals surface area contributed by atoms with E-state index in [1.54, 1.807) is 30.3 Å². The van der Waals surface area contributed by atoms with Crippen molar-refractivity contribution in [2.75, 3.05) is 6.61 Å². The summed E-state index contributed by atoms with van der Waals surface area (Å²) in [5, 5.41) is 0.351. The molecule has 0 amide bonds. The number of thiazole rings is 1. The number of ether oxygens (including phenoxy) is 1. The van der Waals surface area contributed by atoms with Crippen LogP contribution in [0.1, 0.15) is 24.1 Å². The van der Waals surface area contributed by atoms with Gasteiger partial charge >= 0.3 is 12.1 Å². The van der Waals surface area contributed by atoms with Crippen LogP contribution in [0, 0.1) is 0 Å². The van der Waals surface area contributed by atoms with E-state index in [4.69, 9.17) is 16.3 Å². The standard InChI is InChI=1S/C23H15BrClF3N2O3S/c1-2-33-21(32)17-18(13-5-9-15(25)10-6-13)30-20(31)16(11-12-3-7-14(24)8-4-12)34-22(30)29-19(17)23(26,27)28/h3-11,18H,2H2,1H3/b16-11-/t18-/m0/s1. The number of hydrogen-bond acceptors (Lipinski definition) is 5. The van der Waals surface area contributed by atoms with Gasteiger partial charge in [0.05, 0.1) is 22.8 Å². The fraction of sp³-hybridized carbons (Fsp3) is 0.174. The molecule has 0 saturated carbocycles. The van der Waals surface area contributed by atoms with Crippen molar-refractivity contribution in [3.05, 3.63) is 100 Å². The second kappa shape index (κ2) is 9.52. The van der Waals surface area contributed by atoms with Gasteiger partial charge < -0.3 is 4.74 Å². The van der Waals surface area contributed by atoms with Gasteiger partial charge in [-0.3, -0.25) is 9.36 Å². The summed E-state index contributed by atoms with van der Waals surface area (Å²) in [6.07, 6.45) is -3.38. The Morgan fingerprint density at radius 2 is 1.85 bits per heavy atom. The summed E-state index contributed by atoms with van der Waals surface area (Å²) < 4.78 is 49.2. The number of benzene rings is 2. The zero-order valence-corrected chi connectivity index (χ0v) is 20.6. The van der Waals surface area contributed by atoms with Crippen molar-refractivity contribution >= 4 is 50.9 Å². The van der Waals surface area contributed by atoms with Crippen molar-refractivity contribution in [2.24, 2.45) is 4.99 Å². The highest BCUT2D eigenvalue weighted by molar-refractivity contribution is 9.10. The predicted octanol–water partition coefficient (Wildman–Crippen LogP) is 4.76. The topological polar surface area (TPSA) is 60.7 Å². The van der Waals surface area contributed by atoms with Gasteiger partial charge in [-0.2, -0.15) is 13.2 Å². The number of fused-ring (bicyclic) bond motifs is 1. The Morgan fingerprint density at radius 1 is 1.21 bits per heavy atom. The van der Waals surface area contributed by atoms with Crippen LogP contribution in [-0.2, 0) is 9.53 Å². The molecule has 0 spiro atoms. The van der Waals surface area contributed by atoms with Crippen LogP contribution in [0.25, 0.3) is 6.08 Å². The zero-order valence-electron chi connectivity index (χ0n) is 17.4. The first-order valence-electron chi connectivity index (χ1n) is 9.91. The molecule has 34 heavy (non-hydrogen) atoms. The van der Waals surface area contributed by atoms with Crippen LogP contribution in [0.4, 0.5) is 13.2 Å². The normalized spacial score (nSPS) is 16.3. The molecule has 0 bridgehead atoms. The molecule has 2 heterocycles. The molecule has 0 radical (unpaired) electrons. The molecular weight excluding hydrogens is 557 g/mol. The van der Waals surface area contributed by atoms with Gasteiger partial charge in [0.25, 0.3) is 5.56 Å². The van der Waals surface area contributed by atoms with E-state index in [1.807, 2.05) is 0 Å². The Morgan fingerprint density at radius 3 is 2.44 bits per heavy atom. The molecule has 0 aliphatic carbocycles. The lowest BCUT2D eigenvalue weighted by Crippen LogP contribution is -2.41. The Balaban J connectivity index is 2.04. The second-order valence-corrected chi connectivity index (χ2v) is 9.53. The largest absolute Gasteiger partial charge is 0.463 e. The maximum absolute atomic E-state index is 14.1. The van der Waals surface area contributed by atoms with Gasteiger partial charge in [0, 0.05) is 9.50 Å². The van der Waals surface area contributed by atoms with E-state index in [0.29, 0.717) is 10.6 Å². The average Bonchev–Trinajstić information content (AvgIpc) is 3.09. The summed E-state index contributed by atoms with van der Waals surface area (Å²) in [7, 11) is 0. The predicted molar refractivity (Wildman–Crippen MR) is 126 cm³/mol. The fourth-order valence-corrected chi connectivity index (χ4v) is 4.90. The fourth-order valence-electron chi connectivity index (χ4n) is 3.51. The highest BCUT2D eigenvalue weighted by atomic mass is 79.9. The van der Waals surface area contributed by atoms with Crippen LogP contribution >= 0.6 is 38.9 Å². The molecule has 5 nitrogen and oxygen atoms in total. The molecule has 1 aromatic heterocycles. The van der Waals surface area contributed by atoms with Gasteiger partial charge in [-0.25, -0.2) is 9.79 Å². The molecule has 11 heteroatoms. The maximum Gasteiger partial charge on any atom is 0.434 e. The summed E-state index contributed by atoms with van der Waals surface area (Å²) >= 11 is 10.1. The number of halogens is 5. The first-order chi connectivity index (χ1) is 16.1. The van der Waals surface area contributed by atoms with Gasteiger partial charge in [0.2, 0.25) is 0 Å². The monoisotopic (exact) mass is 570 g/mol. The van der Waals surface area contributed by atoms with Crippen molar-refractivity contribution in [1.29, 1.82) is 0 Å². The van der Waals surface area contributed by atoms with Crippen LogP contribution in [0.15, 0.2) is 74.1 Å². The third-order valence-corrected chi connectivity index (χ3v) is 6.71. The van der Waals surface area contributed by atoms with E-state index in [9.17, 15) is 22.8 Å². The third kappa shape index (κ3) is 4.75. The van der Waals surface area contributed by atoms with Gasteiger partial charge in [-0.1, -0.05) is 63.1 Å². The van der Waals surface area contributed by atoms with Gasteiger partial charge in [0.1, 0.15) is 0 Å². The number of rotatable bonds is 4. The van der Waals surface area contributed by atoms with Crippen LogP contribution in [0.3, 0.4) is 0 Å². The molecule has 1 aliphatic heterocycles. The minimum atomic E-state index is -4.95.